The second-order valence-corrected chi connectivity index (χ2v) is 5.44. The zero-order valence-corrected chi connectivity index (χ0v) is 12.6. The van der Waals surface area contributed by atoms with Gasteiger partial charge in [-0.15, -0.1) is 0 Å². The van der Waals surface area contributed by atoms with E-state index in [0.29, 0.717) is 13.0 Å². The minimum Gasteiger partial charge on any atom is -0.504 e. The van der Waals surface area contributed by atoms with Crippen LogP contribution in [0.1, 0.15) is 42.5 Å². The molecule has 2 N–H and O–H groups in total. The van der Waals surface area contributed by atoms with Crippen molar-refractivity contribution in [3.05, 3.63) is 23.8 Å². The third kappa shape index (κ3) is 3.50. The van der Waals surface area contributed by atoms with Crippen molar-refractivity contribution < 1.29 is 24.5 Å². The fraction of sp³-hybridized carbons (Fsp3) is 0.500. The van der Waals surface area contributed by atoms with Crippen molar-refractivity contribution >= 4 is 11.9 Å². The van der Waals surface area contributed by atoms with Crippen LogP contribution in [0.25, 0.3) is 0 Å². The van der Waals surface area contributed by atoms with Crippen molar-refractivity contribution in [2.45, 2.75) is 38.1 Å². The van der Waals surface area contributed by atoms with Gasteiger partial charge in [-0.2, -0.15) is 0 Å². The quantitative estimate of drug-likeness (QED) is 0.871. The summed E-state index contributed by atoms with van der Waals surface area (Å²) >= 11 is 0. The molecule has 1 saturated heterocycles. The molecule has 0 radical (unpaired) electrons. The van der Waals surface area contributed by atoms with Gasteiger partial charge in [0.05, 0.1) is 12.7 Å². The maximum absolute atomic E-state index is 12.7. The number of carbonyl (C=O) groups is 2. The normalized spacial score (nSPS) is 18.0. The molecular formula is C16H21NO5. The Balaban J connectivity index is 2.20. The van der Waals surface area contributed by atoms with Crippen molar-refractivity contribution in [1.82, 2.24) is 4.90 Å². The Morgan fingerprint density at radius 2 is 2.14 bits per heavy atom. The van der Waals surface area contributed by atoms with Crippen LogP contribution in [0.15, 0.2) is 18.2 Å². The first-order valence-electron chi connectivity index (χ1n) is 7.43. The summed E-state index contributed by atoms with van der Waals surface area (Å²) in [5.74, 6) is -1.05. The molecule has 1 fully saturated rings. The molecule has 1 unspecified atom stereocenters. The number of rotatable bonds is 5. The molecule has 1 aromatic carbocycles. The first kappa shape index (κ1) is 16.1. The second kappa shape index (κ2) is 7.15. The Bertz CT molecular complexity index is 557. The number of ether oxygens (including phenoxy) is 1. The smallest absolute Gasteiger partial charge is 0.303 e. The molecule has 0 bridgehead atoms. The Morgan fingerprint density at radius 1 is 1.36 bits per heavy atom. The van der Waals surface area contributed by atoms with Gasteiger partial charge in [0, 0.05) is 19.0 Å². The van der Waals surface area contributed by atoms with Gasteiger partial charge >= 0.3 is 5.97 Å². The van der Waals surface area contributed by atoms with Gasteiger partial charge in [0.1, 0.15) is 0 Å². The van der Waals surface area contributed by atoms with Gasteiger partial charge in [-0.3, -0.25) is 9.59 Å². The Hall–Kier alpha value is -2.24. The van der Waals surface area contributed by atoms with Gasteiger partial charge in [-0.1, -0.05) is 6.07 Å². The molecule has 0 aromatic heterocycles. The maximum Gasteiger partial charge on any atom is 0.303 e. The molecule has 1 aliphatic rings. The van der Waals surface area contributed by atoms with Crippen molar-refractivity contribution in [3.8, 4) is 11.5 Å². The number of carbonyl (C=O) groups excluding carboxylic acids is 1. The molecule has 1 amide bonds. The van der Waals surface area contributed by atoms with Crippen molar-refractivity contribution in [2.24, 2.45) is 0 Å². The van der Waals surface area contributed by atoms with Crippen LogP contribution in [0.3, 0.4) is 0 Å². The van der Waals surface area contributed by atoms with E-state index in [4.69, 9.17) is 9.84 Å². The van der Waals surface area contributed by atoms with Crippen molar-refractivity contribution in [2.75, 3.05) is 13.7 Å². The van der Waals surface area contributed by atoms with E-state index in [1.165, 1.54) is 7.11 Å². The molecule has 0 saturated carbocycles. The highest BCUT2D eigenvalue weighted by atomic mass is 16.5. The predicted molar refractivity (Wildman–Crippen MR) is 80.2 cm³/mol. The minimum absolute atomic E-state index is 0.0402. The summed E-state index contributed by atoms with van der Waals surface area (Å²) in [6.07, 6.45) is 3.15. The molecule has 6 heteroatoms. The zero-order valence-electron chi connectivity index (χ0n) is 12.6. The number of nitrogens with zero attached hydrogens (tertiary/aromatic N) is 1. The van der Waals surface area contributed by atoms with Crippen LogP contribution < -0.4 is 4.74 Å². The number of likely N-dealkylation sites (tertiary alicyclic amines) is 1. The molecule has 0 aliphatic carbocycles. The minimum atomic E-state index is -0.859. The van der Waals surface area contributed by atoms with Gasteiger partial charge < -0.3 is 19.8 Å². The highest BCUT2D eigenvalue weighted by Gasteiger charge is 2.29. The summed E-state index contributed by atoms with van der Waals surface area (Å²) in [6.45, 7) is 0.583. The Morgan fingerprint density at radius 3 is 2.82 bits per heavy atom. The number of phenols is 1. The number of piperidine rings is 1. The third-order valence-electron chi connectivity index (χ3n) is 4.03. The summed E-state index contributed by atoms with van der Waals surface area (Å²) < 4.78 is 5.03. The average Bonchev–Trinajstić information content (AvgIpc) is 2.52. The summed E-state index contributed by atoms with van der Waals surface area (Å²) in [5, 5.41) is 19.0. The van der Waals surface area contributed by atoms with E-state index in [-0.39, 0.29) is 35.4 Å². The van der Waals surface area contributed by atoms with Gasteiger partial charge in [0.2, 0.25) is 0 Å². The molecule has 1 heterocycles. The number of aliphatic carboxylic acids is 1. The lowest BCUT2D eigenvalue weighted by atomic mass is 9.96. The first-order valence-corrected chi connectivity index (χ1v) is 7.43. The number of hydrogen-bond acceptors (Lipinski definition) is 4. The number of phenolic OH excluding ortho intramolecular Hbond substituents is 1. The van der Waals surface area contributed by atoms with E-state index >= 15 is 0 Å². The molecule has 1 atom stereocenters. The van der Waals surface area contributed by atoms with Crippen LogP contribution in [0.5, 0.6) is 11.5 Å². The van der Waals surface area contributed by atoms with Gasteiger partial charge in [-0.25, -0.2) is 0 Å². The lowest BCUT2D eigenvalue weighted by Gasteiger charge is -2.36. The van der Waals surface area contributed by atoms with Crippen LogP contribution in [0.4, 0.5) is 0 Å². The molecule has 22 heavy (non-hydrogen) atoms. The molecule has 2 rings (SSSR count). The number of hydrogen-bond donors (Lipinski definition) is 2. The van der Waals surface area contributed by atoms with Gasteiger partial charge in [0.15, 0.2) is 11.5 Å². The fourth-order valence-electron chi connectivity index (χ4n) is 2.87. The molecule has 0 spiro atoms. The summed E-state index contributed by atoms with van der Waals surface area (Å²) in [4.78, 5) is 25.2. The largest absolute Gasteiger partial charge is 0.504 e. The molecule has 1 aliphatic heterocycles. The molecular weight excluding hydrogens is 286 g/mol. The van der Waals surface area contributed by atoms with Crippen molar-refractivity contribution in [3.63, 3.8) is 0 Å². The van der Waals surface area contributed by atoms with Crippen LogP contribution >= 0.6 is 0 Å². The van der Waals surface area contributed by atoms with E-state index in [1.807, 2.05) is 0 Å². The number of amides is 1. The standard InChI is InChI=1S/C16H21NO5/c1-22-13-7-4-6-12(15(13)20)16(21)17-10-3-2-5-11(17)8-9-14(18)19/h4,6-7,11,20H,2-3,5,8-10H2,1H3,(H,18,19). The third-order valence-corrected chi connectivity index (χ3v) is 4.03. The number of benzene rings is 1. The van der Waals surface area contributed by atoms with E-state index in [1.54, 1.807) is 23.1 Å². The molecule has 1 aromatic rings. The van der Waals surface area contributed by atoms with E-state index < -0.39 is 5.97 Å². The summed E-state index contributed by atoms with van der Waals surface area (Å²) in [5.41, 5.74) is 0.196. The average molecular weight is 307 g/mol. The monoisotopic (exact) mass is 307 g/mol. The van der Waals surface area contributed by atoms with Crippen LogP contribution in [-0.2, 0) is 4.79 Å². The van der Waals surface area contributed by atoms with Gasteiger partial charge in [0.25, 0.3) is 5.91 Å². The van der Waals surface area contributed by atoms with Crippen LogP contribution in [-0.4, -0.2) is 46.7 Å². The maximum atomic E-state index is 12.7. The van der Waals surface area contributed by atoms with E-state index in [9.17, 15) is 14.7 Å². The Kier molecular flexibility index (Phi) is 5.25. The van der Waals surface area contributed by atoms with Crippen LogP contribution in [0.2, 0.25) is 0 Å². The zero-order chi connectivity index (χ0) is 16.1. The molecule has 6 nitrogen and oxygen atoms in total. The van der Waals surface area contributed by atoms with Crippen LogP contribution in [0, 0.1) is 0 Å². The van der Waals surface area contributed by atoms with Gasteiger partial charge in [-0.05, 0) is 37.8 Å². The highest BCUT2D eigenvalue weighted by Crippen LogP contribution is 2.32. The topological polar surface area (TPSA) is 87.1 Å². The first-order chi connectivity index (χ1) is 10.5. The predicted octanol–water partition coefficient (Wildman–Crippen LogP) is 2.26. The number of para-hydroxylation sites is 1. The summed E-state index contributed by atoms with van der Waals surface area (Å²) in [6, 6.07) is 4.71. The fourth-order valence-corrected chi connectivity index (χ4v) is 2.87. The number of methoxy groups -OCH3 is 1. The SMILES string of the molecule is COc1cccc(C(=O)N2CCCCC2CCC(=O)O)c1O. The van der Waals surface area contributed by atoms with Crippen molar-refractivity contribution in [1.29, 1.82) is 0 Å². The summed E-state index contributed by atoms with van der Waals surface area (Å²) in [7, 11) is 1.43. The highest BCUT2D eigenvalue weighted by molar-refractivity contribution is 5.98. The Labute approximate surface area is 129 Å². The van der Waals surface area contributed by atoms with E-state index in [0.717, 1.165) is 19.3 Å². The number of aromatic hydroxyl groups is 1. The second-order valence-electron chi connectivity index (χ2n) is 5.44. The lowest BCUT2D eigenvalue weighted by Crippen LogP contribution is -2.44. The van der Waals surface area contributed by atoms with E-state index in [2.05, 4.69) is 0 Å². The molecule has 120 valence electrons. The number of carboxylic acids is 1. The number of carboxylic acid groups (broad SMARTS) is 1. The lowest BCUT2D eigenvalue weighted by molar-refractivity contribution is -0.137.